The number of nitro groups is 1. The van der Waals surface area contributed by atoms with Crippen molar-refractivity contribution in [3.63, 3.8) is 0 Å². The normalized spacial score (nSPS) is 11.3. The van der Waals surface area contributed by atoms with E-state index in [9.17, 15) is 23.3 Å². The van der Waals surface area contributed by atoms with E-state index in [0.29, 0.717) is 22.3 Å². The smallest absolute Gasteiger partial charge is 0.269 e. The van der Waals surface area contributed by atoms with E-state index >= 15 is 0 Å². The maximum atomic E-state index is 12.3. The van der Waals surface area contributed by atoms with Gasteiger partial charge in [0.05, 0.1) is 15.6 Å². The number of amides is 1. The fourth-order valence-electron chi connectivity index (χ4n) is 2.63. The minimum Gasteiger partial charge on any atom is -0.300 e. The van der Waals surface area contributed by atoms with Crippen LogP contribution in [0, 0.1) is 17.0 Å². The monoisotopic (exact) mass is 507 g/mol. The highest BCUT2D eigenvalue weighted by Crippen LogP contribution is 2.19. The lowest BCUT2D eigenvalue weighted by atomic mass is 10.2. The van der Waals surface area contributed by atoms with Crippen LogP contribution in [0.2, 0.25) is 0 Å². The summed E-state index contributed by atoms with van der Waals surface area (Å²) in [6.07, 6.45) is 0.341. The lowest BCUT2D eigenvalue weighted by molar-refractivity contribution is -0.384. The summed E-state index contributed by atoms with van der Waals surface area (Å²) in [5, 5.41) is 22.2. The summed E-state index contributed by atoms with van der Waals surface area (Å²) in [5.41, 5.74) is 1.88. The van der Waals surface area contributed by atoms with Crippen molar-refractivity contribution in [3.8, 4) is 0 Å². The molecule has 1 aromatic heterocycles. The number of non-ortho nitro benzene ring substituents is 1. The van der Waals surface area contributed by atoms with E-state index in [2.05, 4.69) is 20.2 Å². The van der Waals surface area contributed by atoms with Gasteiger partial charge in [-0.15, -0.1) is 22.0 Å². The first-order chi connectivity index (χ1) is 15.7. The average Bonchev–Trinajstić information content (AvgIpc) is 3.21. The standard InChI is InChI=1S/C20H21N5O5S3/c1-14-2-8-17(9-3-14)33(29,30)21-11-10-19-23-24-20(32-19)22-18(26)13-31-12-15-4-6-16(7-5-15)25(27)28/h2-9,21H,10-13H2,1H3,(H,22,24,26). The Balaban J connectivity index is 1.40. The second-order valence-electron chi connectivity index (χ2n) is 6.93. The zero-order valence-corrected chi connectivity index (χ0v) is 20.0. The zero-order valence-electron chi connectivity index (χ0n) is 17.6. The highest BCUT2D eigenvalue weighted by atomic mass is 32.2. The molecule has 0 atom stereocenters. The Morgan fingerprint density at radius 3 is 2.48 bits per heavy atom. The number of carbonyl (C=O) groups excluding carboxylic acids is 1. The number of aromatic nitrogens is 2. The molecule has 10 nitrogen and oxygen atoms in total. The van der Waals surface area contributed by atoms with Crippen LogP contribution in [0.4, 0.5) is 10.8 Å². The molecule has 0 unspecified atom stereocenters. The minimum absolute atomic E-state index is 0.0246. The van der Waals surface area contributed by atoms with Gasteiger partial charge < -0.3 is 0 Å². The molecule has 2 N–H and O–H groups in total. The number of hydrogen-bond donors (Lipinski definition) is 2. The molecular weight excluding hydrogens is 486 g/mol. The molecule has 3 rings (SSSR count). The number of carbonyl (C=O) groups is 1. The molecule has 1 amide bonds. The molecule has 0 aliphatic rings. The Morgan fingerprint density at radius 1 is 1.12 bits per heavy atom. The third kappa shape index (κ3) is 7.60. The Kier molecular flexibility index (Phi) is 8.49. The summed E-state index contributed by atoms with van der Waals surface area (Å²) in [6, 6.07) is 12.8. The molecular formula is C20H21N5O5S3. The molecule has 0 aliphatic heterocycles. The maximum Gasteiger partial charge on any atom is 0.269 e. The molecule has 0 spiro atoms. The van der Waals surface area contributed by atoms with Gasteiger partial charge in [-0.05, 0) is 24.6 Å². The first-order valence-electron chi connectivity index (χ1n) is 9.72. The van der Waals surface area contributed by atoms with Crippen LogP contribution >= 0.6 is 23.1 Å². The largest absolute Gasteiger partial charge is 0.300 e. The highest BCUT2D eigenvalue weighted by molar-refractivity contribution is 7.99. The molecule has 13 heteroatoms. The molecule has 33 heavy (non-hydrogen) atoms. The molecule has 0 bridgehead atoms. The first-order valence-corrected chi connectivity index (χ1v) is 13.2. The van der Waals surface area contributed by atoms with E-state index in [0.717, 1.165) is 11.1 Å². The summed E-state index contributed by atoms with van der Waals surface area (Å²) in [5.74, 6) is 0.473. The Morgan fingerprint density at radius 2 is 1.82 bits per heavy atom. The van der Waals surface area contributed by atoms with Crippen LogP contribution in [0.5, 0.6) is 0 Å². The van der Waals surface area contributed by atoms with Crippen molar-refractivity contribution < 1.29 is 18.1 Å². The summed E-state index contributed by atoms with van der Waals surface area (Å²) >= 11 is 2.55. The topological polar surface area (TPSA) is 144 Å². The Labute approximate surface area is 199 Å². The summed E-state index contributed by atoms with van der Waals surface area (Å²) < 4.78 is 27.1. The van der Waals surface area contributed by atoms with Crippen LogP contribution in [0.1, 0.15) is 16.1 Å². The number of aryl methyl sites for hydroxylation is 1. The van der Waals surface area contributed by atoms with Crippen molar-refractivity contribution in [2.75, 3.05) is 17.6 Å². The van der Waals surface area contributed by atoms with E-state index in [4.69, 9.17) is 0 Å². The number of nitrogens with zero attached hydrogens (tertiary/aromatic N) is 3. The highest BCUT2D eigenvalue weighted by Gasteiger charge is 2.14. The number of anilines is 1. The summed E-state index contributed by atoms with van der Waals surface area (Å²) in [7, 11) is -3.60. The maximum absolute atomic E-state index is 12.3. The van der Waals surface area contributed by atoms with Crippen LogP contribution in [-0.2, 0) is 27.0 Å². The van der Waals surface area contributed by atoms with Crippen molar-refractivity contribution in [2.45, 2.75) is 24.0 Å². The lowest BCUT2D eigenvalue weighted by Crippen LogP contribution is -2.25. The quantitative estimate of drug-likeness (QED) is 0.297. The van der Waals surface area contributed by atoms with E-state index in [1.807, 2.05) is 6.92 Å². The molecule has 1 heterocycles. The van der Waals surface area contributed by atoms with Crippen molar-refractivity contribution in [2.24, 2.45) is 0 Å². The van der Waals surface area contributed by atoms with Crippen molar-refractivity contribution in [1.29, 1.82) is 0 Å². The first kappa shape index (κ1) is 24.8. The van der Waals surface area contributed by atoms with E-state index in [-0.39, 0.29) is 28.8 Å². The van der Waals surface area contributed by atoms with Crippen LogP contribution in [0.25, 0.3) is 0 Å². The Hall–Kier alpha value is -2.87. The van der Waals surface area contributed by atoms with Gasteiger partial charge in [0.25, 0.3) is 5.69 Å². The molecule has 0 fully saturated rings. The molecule has 174 valence electrons. The fourth-order valence-corrected chi connectivity index (χ4v) is 5.20. The van der Waals surface area contributed by atoms with Crippen LogP contribution in [0.3, 0.4) is 0 Å². The number of nitro benzene ring substituents is 1. The van der Waals surface area contributed by atoms with Gasteiger partial charge in [-0.2, -0.15) is 0 Å². The number of sulfonamides is 1. The third-order valence-corrected chi connectivity index (χ3v) is 7.70. The SMILES string of the molecule is Cc1ccc(S(=O)(=O)NCCc2nnc(NC(=O)CSCc3ccc([N+](=O)[O-])cc3)s2)cc1. The van der Waals surface area contributed by atoms with E-state index in [1.54, 1.807) is 36.4 Å². The van der Waals surface area contributed by atoms with Gasteiger partial charge in [0.2, 0.25) is 21.1 Å². The van der Waals surface area contributed by atoms with Crippen molar-refractivity contribution in [1.82, 2.24) is 14.9 Å². The number of hydrogen-bond acceptors (Lipinski definition) is 9. The number of rotatable bonds is 11. The van der Waals surface area contributed by atoms with Gasteiger partial charge in [0, 0.05) is 30.9 Å². The second kappa shape index (κ2) is 11.3. The molecule has 0 radical (unpaired) electrons. The van der Waals surface area contributed by atoms with E-state index in [1.165, 1.54) is 35.2 Å². The van der Waals surface area contributed by atoms with Gasteiger partial charge in [-0.1, -0.05) is 41.2 Å². The van der Waals surface area contributed by atoms with Gasteiger partial charge in [0.1, 0.15) is 5.01 Å². The number of thioether (sulfide) groups is 1. The minimum atomic E-state index is -3.60. The second-order valence-corrected chi connectivity index (χ2v) is 10.7. The summed E-state index contributed by atoms with van der Waals surface area (Å²) in [4.78, 5) is 22.5. The van der Waals surface area contributed by atoms with Gasteiger partial charge in [-0.25, -0.2) is 13.1 Å². The zero-order chi connectivity index (χ0) is 23.8. The van der Waals surface area contributed by atoms with E-state index < -0.39 is 14.9 Å². The van der Waals surface area contributed by atoms with Crippen LogP contribution in [0.15, 0.2) is 53.4 Å². The van der Waals surface area contributed by atoms with Gasteiger partial charge >= 0.3 is 0 Å². The van der Waals surface area contributed by atoms with Crippen molar-refractivity contribution >= 4 is 49.8 Å². The fraction of sp³-hybridized carbons (Fsp3) is 0.250. The third-order valence-electron chi connectivity index (χ3n) is 4.32. The Bertz CT molecular complexity index is 1210. The number of benzene rings is 2. The van der Waals surface area contributed by atoms with Crippen LogP contribution in [-0.4, -0.2) is 41.7 Å². The van der Waals surface area contributed by atoms with Gasteiger partial charge in [0.15, 0.2) is 0 Å². The predicted octanol–water partition coefficient (Wildman–Crippen LogP) is 3.15. The molecule has 0 saturated heterocycles. The van der Waals surface area contributed by atoms with Gasteiger partial charge in [-0.3, -0.25) is 20.2 Å². The number of nitrogens with one attached hydrogen (secondary N) is 2. The lowest BCUT2D eigenvalue weighted by Gasteiger charge is -2.05. The van der Waals surface area contributed by atoms with Crippen LogP contribution < -0.4 is 10.0 Å². The molecule has 2 aromatic carbocycles. The van der Waals surface area contributed by atoms with Crippen molar-refractivity contribution in [3.05, 3.63) is 74.8 Å². The molecule has 3 aromatic rings. The predicted molar refractivity (Wildman–Crippen MR) is 128 cm³/mol. The molecule has 0 saturated carbocycles. The molecule has 0 aliphatic carbocycles. The average molecular weight is 508 g/mol. The summed E-state index contributed by atoms with van der Waals surface area (Å²) in [6.45, 7) is 2.04.